The van der Waals surface area contributed by atoms with E-state index >= 15 is 0 Å². The Hall–Kier alpha value is -2.06. The summed E-state index contributed by atoms with van der Waals surface area (Å²) < 4.78 is 38.6. The number of nitrogens with zero attached hydrogens (tertiary/aromatic N) is 1. The normalized spacial score (nSPS) is 16.2. The van der Waals surface area contributed by atoms with Crippen molar-refractivity contribution in [2.24, 2.45) is 0 Å². The minimum atomic E-state index is -4.36. The summed E-state index contributed by atoms with van der Waals surface area (Å²) in [5.41, 5.74) is 2.61. The van der Waals surface area contributed by atoms with Crippen molar-refractivity contribution in [1.82, 2.24) is 20.6 Å². The van der Waals surface area contributed by atoms with Gasteiger partial charge in [-0.1, -0.05) is 35.3 Å². The molecule has 3 N–H and O–H groups in total. The molecular weight excluding hydrogens is 472 g/mol. The van der Waals surface area contributed by atoms with Crippen LogP contribution in [-0.4, -0.2) is 28.6 Å². The highest BCUT2D eigenvalue weighted by atomic mass is 35.5. The lowest BCUT2D eigenvalue weighted by atomic mass is 9.83. The molecule has 0 aliphatic carbocycles. The van der Waals surface area contributed by atoms with Crippen LogP contribution in [0, 0.1) is 6.92 Å². The van der Waals surface area contributed by atoms with Crippen LogP contribution < -0.4 is 10.6 Å². The second-order valence-corrected chi connectivity index (χ2v) is 9.44. The maximum Gasteiger partial charge on any atom is 0.416 e. The largest absolute Gasteiger partial charge is 0.416 e. The third-order valence-corrected chi connectivity index (χ3v) is 6.56. The van der Waals surface area contributed by atoms with Crippen molar-refractivity contribution in [1.29, 1.82) is 0 Å². The van der Waals surface area contributed by atoms with Crippen LogP contribution >= 0.6 is 23.2 Å². The maximum atomic E-state index is 12.9. The molecule has 4 rings (SSSR count). The molecule has 0 unspecified atom stereocenters. The molecule has 176 valence electrons. The minimum Gasteiger partial charge on any atom is -0.342 e. The average Bonchev–Trinajstić information content (AvgIpc) is 3.12. The number of benzene rings is 2. The second-order valence-electron chi connectivity index (χ2n) is 8.57. The number of nitrogens with one attached hydrogen (secondary N) is 3. The van der Waals surface area contributed by atoms with E-state index in [2.05, 4.69) is 15.6 Å². The Bertz CT molecular complexity index is 1080. The Morgan fingerprint density at radius 1 is 1.03 bits per heavy atom. The number of alkyl halides is 3. The molecule has 2 aromatic carbocycles. The molecule has 0 saturated carbocycles. The van der Waals surface area contributed by atoms with Crippen molar-refractivity contribution in [2.45, 2.75) is 44.4 Å². The molecule has 1 aromatic heterocycles. The maximum absolute atomic E-state index is 12.9. The average molecular weight is 497 g/mol. The third-order valence-electron chi connectivity index (χ3n) is 6.13. The first kappa shape index (κ1) is 24.1. The van der Waals surface area contributed by atoms with Gasteiger partial charge in [0.1, 0.15) is 5.82 Å². The molecule has 4 nitrogen and oxygen atoms in total. The van der Waals surface area contributed by atoms with Gasteiger partial charge in [-0.3, -0.25) is 0 Å². The quantitative estimate of drug-likeness (QED) is 0.382. The van der Waals surface area contributed by atoms with E-state index in [4.69, 9.17) is 28.2 Å². The number of aryl methyl sites for hydroxylation is 1. The van der Waals surface area contributed by atoms with Crippen LogP contribution in [-0.2, 0) is 19.1 Å². The molecule has 1 saturated heterocycles. The van der Waals surface area contributed by atoms with Gasteiger partial charge in [0.15, 0.2) is 0 Å². The van der Waals surface area contributed by atoms with Crippen molar-refractivity contribution in [3.05, 3.63) is 75.0 Å². The number of halogens is 5. The highest BCUT2D eigenvalue weighted by Gasteiger charge is 2.33. The zero-order chi connectivity index (χ0) is 23.6. The zero-order valence-corrected chi connectivity index (χ0v) is 19.6. The van der Waals surface area contributed by atoms with Crippen molar-refractivity contribution >= 4 is 23.2 Å². The number of rotatable bonds is 6. The molecule has 1 fully saturated rings. The first-order valence-electron chi connectivity index (χ1n) is 10.8. The van der Waals surface area contributed by atoms with Gasteiger partial charge in [0.25, 0.3) is 0 Å². The van der Waals surface area contributed by atoms with E-state index in [1.54, 1.807) is 6.07 Å². The highest BCUT2D eigenvalue weighted by Crippen LogP contribution is 2.31. The second kappa shape index (κ2) is 9.66. The molecule has 3 aromatic rings. The Labute approximate surface area is 200 Å². The first-order valence-corrected chi connectivity index (χ1v) is 11.5. The number of aromatic amines is 1. The predicted octanol–water partition coefficient (Wildman–Crippen LogP) is 6.17. The third kappa shape index (κ3) is 5.90. The molecule has 1 aliphatic rings. The summed E-state index contributed by atoms with van der Waals surface area (Å²) >= 11 is 12.3. The number of piperidine rings is 1. The van der Waals surface area contributed by atoms with Gasteiger partial charge in [-0.2, -0.15) is 13.2 Å². The molecule has 0 spiro atoms. The topological polar surface area (TPSA) is 52.7 Å². The van der Waals surface area contributed by atoms with E-state index in [0.717, 1.165) is 55.0 Å². The minimum absolute atomic E-state index is 0.169. The molecule has 1 aliphatic heterocycles. The molecule has 0 atom stereocenters. The van der Waals surface area contributed by atoms with E-state index in [9.17, 15) is 13.2 Å². The summed E-state index contributed by atoms with van der Waals surface area (Å²) in [6.45, 7) is 4.34. The number of hydrogen-bond acceptors (Lipinski definition) is 3. The lowest BCUT2D eigenvalue weighted by molar-refractivity contribution is -0.137. The Morgan fingerprint density at radius 3 is 2.27 bits per heavy atom. The molecule has 0 bridgehead atoms. The van der Waals surface area contributed by atoms with Crippen LogP contribution in [0.15, 0.2) is 42.5 Å². The van der Waals surface area contributed by atoms with Gasteiger partial charge in [-0.15, -0.1) is 0 Å². The standard InChI is InChI=1S/C24H25Cl2F3N4/c1-15-21(33-22(32-15)17-2-4-18(5-3-17)24(27,28)29)13-23(6-8-30-9-7-23)31-14-16-10-19(25)12-20(26)11-16/h2-5,10-12,30-31H,6-9,13-14H2,1H3,(H,32,33). The fourth-order valence-electron chi connectivity index (χ4n) is 4.27. The van der Waals surface area contributed by atoms with Crippen molar-refractivity contribution in [3.8, 4) is 11.4 Å². The van der Waals surface area contributed by atoms with E-state index in [0.29, 0.717) is 34.4 Å². The van der Waals surface area contributed by atoms with Crippen LogP contribution in [0.25, 0.3) is 11.4 Å². The summed E-state index contributed by atoms with van der Waals surface area (Å²) in [6.07, 6.45) is -1.82. The van der Waals surface area contributed by atoms with E-state index in [1.807, 2.05) is 19.1 Å². The monoisotopic (exact) mass is 496 g/mol. The van der Waals surface area contributed by atoms with Crippen LogP contribution in [0.1, 0.15) is 35.4 Å². The lowest BCUT2D eigenvalue weighted by Crippen LogP contribution is -2.53. The van der Waals surface area contributed by atoms with Gasteiger partial charge in [0, 0.05) is 39.8 Å². The predicted molar refractivity (Wildman–Crippen MR) is 126 cm³/mol. The van der Waals surface area contributed by atoms with Gasteiger partial charge < -0.3 is 15.6 Å². The van der Waals surface area contributed by atoms with Crippen LogP contribution in [0.4, 0.5) is 13.2 Å². The Balaban J connectivity index is 1.54. The molecule has 9 heteroatoms. The molecule has 0 amide bonds. The Morgan fingerprint density at radius 2 is 1.67 bits per heavy atom. The summed E-state index contributed by atoms with van der Waals surface area (Å²) in [6, 6.07) is 10.6. The molecule has 2 heterocycles. The summed E-state index contributed by atoms with van der Waals surface area (Å²) in [5, 5.41) is 8.32. The number of H-pyrrole nitrogens is 1. The Kier molecular flexibility index (Phi) is 7.05. The fraction of sp³-hybridized carbons (Fsp3) is 0.375. The SMILES string of the molecule is Cc1[nH]c(-c2ccc(C(F)(F)F)cc2)nc1CC1(NCc2cc(Cl)cc(Cl)c2)CCNCC1. The molecule has 33 heavy (non-hydrogen) atoms. The number of imidazole rings is 1. The van der Waals surface area contributed by atoms with Gasteiger partial charge in [-0.25, -0.2) is 4.98 Å². The zero-order valence-electron chi connectivity index (χ0n) is 18.1. The summed E-state index contributed by atoms with van der Waals surface area (Å²) in [4.78, 5) is 8.00. The van der Waals surface area contributed by atoms with E-state index in [1.165, 1.54) is 12.1 Å². The highest BCUT2D eigenvalue weighted by molar-refractivity contribution is 6.34. The van der Waals surface area contributed by atoms with Crippen molar-refractivity contribution in [2.75, 3.05) is 13.1 Å². The molecule has 0 radical (unpaired) electrons. The molecular formula is C24H25Cl2F3N4. The van der Waals surface area contributed by atoms with Crippen molar-refractivity contribution in [3.63, 3.8) is 0 Å². The van der Waals surface area contributed by atoms with Crippen LogP contribution in [0.3, 0.4) is 0 Å². The van der Waals surface area contributed by atoms with E-state index < -0.39 is 11.7 Å². The smallest absolute Gasteiger partial charge is 0.342 e. The lowest BCUT2D eigenvalue weighted by Gasteiger charge is -2.38. The number of aromatic nitrogens is 2. The van der Waals surface area contributed by atoms with Crippen LogP contribution in [0.2, 0.25) is 10.0 Å². The van der Waals surface area contributed by atoms with E-state index in [-0.39, 0.29) is 5.54 Å². The summed E-state index contributed by atoms with van der Waals surface area (Å²) in [7, 11) is 0. The number of hydrogen-bond donors (Lipinski definition) is 3. The van der Waals surface area contributed by atoms with Gasteiger partial charge >= 0.3 is 6.18 Å². The van der Waals surface area contributed by atoms with Crippen LogP contribution in [0.5, 0.6) is 0 Å². The van der Waals surface area contributed by atoms with Crippen molar-refractivity contribution < 1.29 is 13.2 Å². The summed E-state index contributed by atoms with van der Waals surface area (Å²) in [5.74, 6) is 0.571. The van der Waals surface area contributed by atoms with Gasteiger partial charge in [-0.05, 0) is 68.8 Å². The first-order chi connectivity index (χ1) is 15.6. The fourth-order valence-corrected chi connectivity index (χ4v) is 4.84. The van der Waals surface area contributed by atoms with Gasteiger partial charge in [0.2, 0.25) is 0 Å². The van der Waals surface area contributed by atoms with Gasteiger partial charge in [0.05, 0.1) is 11.3 Å².